The van der Waals surface area contributed by atoms with Crippen LogP contribution in [0, 0.1) is 0 Å². The summed E-state index contributed by atoms with van der Waals surface area (Å²) in [4.78, 5) is 27.3. The quantitative estimate of drug-likeness (QED) is 0.577. The summed E-state index contributed by atoms with van der Waals surface area (Å²) in [6.07, 6.45) is 3.34. The van der Waals surface area contributed by atoms with Gasteiger partial charge in [-0.05, 0) is 29.7 Å². The minimum atomic E-state index is -1.34. The molecule has 0 radical (unpaired) electrons. The lowest BCUT2D eigenvalue weighted by Gasteiger charge is -2.28. The van der Waals surface area contributed by atoms with E-state index in [2.05, 4.69) is 10.3 Å². The summed E-state index contributed by atoms with van der Waals surface area (Å²) in [6.45, 7) is 0. The molecule has 3 rings (SSSR count). The van der Waals surface area contributed by atoms with E-state index in [0.29, 0.717) is 16.8 Å². The highest BCUT2D eigenvalue weighted by Gasteiger charge is 2.37. The number of rotatable bonds is 4. The van der Waals surface area contributed by atoms with Crippen LogP contribution in [0.2, 0.25) is 0 Å². The normalized spacial score (nSPS) is 15.9. The lowest BCUT2D eigenvalue weighted by Crippen LogP contribution is -2.53. The highest BCUT2D eigenvalue weighted by atomic mass is 16.5. The van der Waals surface area contributed by atoms with Gasteiger partial charge in [0.05, 0.1) is 23.6 Å². The van der Waals surface area contributed by atoms with E-state index in [1.54, 1.807) is 18.2 Å². The van der Waals surface area contributed by atoms with Crippen LogP contribution in [0.4, 0.5) is 5.69 Å². The molecule has 128 valence electrons. The van der Waals surface area contributed by atoms with Crippen LogP contribution in [0.15, 0.2) is 36.7 Å². The van der Waals surface area contributed by atoms with Gasteiger partial charge in [-0.15, -0.1) is 0 Å². The maximum absolute atomic E-state index is 12.2. The molecule has 2 heterocycles. The largest absolute Gasteiger partial charge is 0.547 e. The number of aromatic nitrogens is 1. The summed E-state index contributed by atoms with van der Waals surface area (Å²) in [7, 11) is -1.34. The third-order valence-corrected chi connectivity index (χ3v) is 3.88. The van der Waals surface area contributed by atoms with Gasteiger partial charge in [0.1, 0.15) is 5.75 Å². The Bertz CT molecular complexity index is 829. The molecule has 0 saturated heterocycles. The third-order valence-electron chi connectivity index (χ3n) is 3.88. The lowest BCUT2D eigenvalue weighted by molar-refractivity contribution is -0.120. The number of nitrogens with two attached hydrogens (primary N) is 1. The predicted molar refractivity (Wildman–Crippen MR) is 90.0 cm³/mol. The van der Waals surface area contributed by atoms with E-state index in [1.807, 2.05) is 0 Å². The van der Waals surface area contributed by atoms with Crippen molar-refractivity contribution in [2.24, 2.45) is 0 Å². The lowest BCUT2D eigenvalue weighted by atomic mass is 9.72. The second-order valence-electron chi connectivity index (χ2n) is 5.79. The average Bonchev–Trinajstić information content (AvgIpc) is 2.54. The molecular formula is C16H16BN3O5. The van der Waals surface area contributed by atoms with Crippen LogP contribution in [0.1, 0.15) is 21.5 Å². The molecule has 0 saturated carbocycles. The van der Waals surface area contributed by atoms with E-state index in [9.17, 15) is 19.7 Å². The number of nitrogen functional groups attached to an aromatic ring is 1. The summed E-state index contributed by atoms with van der Waals surface area (Å²) in [5.41, 5.74) is 7.33. The second kappa shape index (κ2) is 6.82. The zero-order valence-corrected chi connectivity index (χ0v) is 13.2. The molecule has 1 atom stereocenters. The van der Waals surface area contributed by atoms with Crippen LogP contribution in [-0.4, -0.2) is 40.1 Å². The van der Waals surface area contributed by atoms with E-state index in [4.69, 9.17) is 10.4 Å². The Morgan fingerprint density at radius 1 is 1.40 bits per heavy atom. The number of hydrogen-bond acceptors (Lipinski definition) is 6. The predicted octanol–water partition coefficient (Wildman–Crippen LogP) is 0.0441. The number of pyridine rings is 1. The molecule has 2 aromatic rings. The molecule has 25 heavy (non-hydrogen) atoms. The van der Waals surface area contributed by atoms with E-state index in [1.165, 1.54) is 18.5 Å². The summed E-state index contributed by atoms with van der Waals surface area (Å²) in [5.74, 6) is -2.01. The van der Waals surface area contributed by atoms with Gasteiger partial charge in [-0.3, -0.25) is 9.78 Å². The van der Waals surface area contributed by atoms with Gasteiger partial charge in [0.25, 0.3) is 0 Å². The van der Waals surface area contributed by atoms with Crippen molar-refractivity contribution in [1.82, 2.24) is 10.3 Å². The fraction of sp³-hybridized carbons (Fsp3) is 0.188. The first-order chi connectivity index (χ1) is 11.9. The number of benzene rings is 1. The molecule has 5 N–H and O–H groups in total. The fourth-order valence-electron chi connectivity index (χ4n) is 2.76. The van der Waals surface area contributed by atoms with Gasteiger partial charge in [-0.2, -0.15) is 0 Å². The Morgan fingerprint density at radius 3 is 2.92 bits per heavy atom. The Labute approximate surface area is 143 Å². The number of nitrogens with zero attached hydrogens (tertiary/aromatic N) is 1. The molecule has 1 aliphatic heterocycles. The molecule has 0 unspecified atom stereocenters. The molecule has 8 nitrogen and oxygen atoms in total. The van der Waals surface area contributed by atoms with Crippen LogP contribution in [0.5, 0.6) is 5.75 Å². The highest BCUT2D eigenvalue weighted by molar-refractivity contribution is 6.47. The van der Waals surface area contributed by atoms with Crippen LogP contribution >= 0.6 is 0 Å². The van der Waals surface area contributed by atoms with E-state index >= 15 is 0 Å². The molecule has 0 fully saturated rings. The average molecular weight is 341 g/mol. The van der Waals surface area contributed by atoms with Crippen LogP contribution in [0.25, 0.3) is 0 Å². The SMILES string of the molecule is Nc1cncc(CC(=O)N[C@H]2Cc3cccc(C(=O)O)c3OB2O)c1. The second-order valence-corrected chi connectivity index (χ2v) is 5.79. The van der Waals surface area contributed by atoms with Gasteiger partial charge >= 0.3 is 13.1 Å². The molecule has 0 aliphatic carbocycles. The van der Waals surface area contributed by atoms with Crippen LogP contribution in [0.3, 0.4) is 0 Å². The first kappa shape index (κ1) is 16.8. The number of anilines is 1. The van der Waals surface area contributed by atoms with Crippen molar-refractivity contribution >= 4 is 24.7 Å². The van der Waals surface area contributed by atoms with Gasteiger partial charge in [0.2, 0.25) is 5.91 Å². The van der Waals surface area contributed by atoms with Crippen molar-refractivity contribution in [3.63, 3.8) is 0 Å². The first-order valence-electron chi connectivity index (χ1n) is 7.62. The van der Waals surface area contributed by atoms with Crippen molar-refractivity contribution in [2.45, 2.75) is 18.8 Å². The topological polar surface area (TPSA) is 135 Å². The zero-order chi connectivity index (χ0) is 18.0. The van der Waals surface area contributed by atoms with Crippen LogP contribution in [-0.2, 0) is 17.6 Å². The minimum absolute atomic E-state index is 0.0211. The van der Waals surface area contributed by atoms with Crippen LogP contribution < -0.4 is 15.7 Å². The fourth-order valence-corrected chi connectivity index (χ4v) is 2.76. The number of carbonyl (C=O) groups is 2. The Morgan fingerprint density at radius 2 is 2.20 bits per heavy atom. The number of para-hydroxylation sites is 1. The van der Waals surface area contributed by atoms with E-state index in [-0.39, 0.29) is 30.1 Å². The number of carboxylic acid groups (broad SMARTS) is 1. The maximum Gasteiger partial charge on any atom is 0.547 e. The van der Waals surface area contributed by atoms with Crippen molar-refractivity contribution in [3.05, 3.63) is 53.3 Å². The smallest absolute Gasteiger partial charge is 0.534 e. The standard InChI is InChI=1S/C16H16BN3O5/c18-11-4-9(7-19-8-11)5-14(21)20-13-6-10-2-1-3-12(16(22)23)15(10)25-17(13)24/h1-4,7-8,13,24H,5-6,18H2,(H,20,21)(H,22,23)/t13-/m0/s1. The first-order valence-corrected chi connectivity index (χ1v) is 7.62. The third kappa shape index (κ3) is 3.72. The summed E-state index contributed by atoms with van der Waals surface area (Å²) >= 11 is 0. The van der Waals surface area contributed by atoms with Crippen molar-refractivity contribution in [3.8, 4) is 5.75 Å². The van der Waals surface area contributed by atoms with Gasteiger partial charge in [-0.25, -0.2) is 4.79 Å². The van der Waals surface area contributed by atoms with Gasteiger partial charge in [0.15, 0.2) is 0 Å². The highest BCUT2D eigenvalue weighted by Crippen LogP contribution is 2.30. The molecule has 1 aliphatic rings. The Kier molecular flexibility index (Phi) is 4.58. The summed E-state index contributed by atoms with van der Waals surface area (Å²) in [6, 6.07) is 6.35. The number of amides is 1. The number of aromatic carboxylic acids is 1. The Hall–Kier alpha value is -3.07. The van der Waals surface area contributed by atoms with Gasteiger partial charge < -0.3 is 25.8 Å². The van der Waals surface area contributed by atoms with Crippen molar-refractivity contribution in [1.29, 1.82) is 0 Å². The number of nitrogens with one attached hydrogen (secondary N) is 1. The Balaban J connectivity index is 1.71. The number of carboxylic acids is 1. The number of fused-ring (bicyclic) bond motifs is 1. The minimum Gasteiger partial charge on any atom is -0.534 e. The van der Waals surface area contributed by atoms with Gasteiger partial charge in [-0.1, -0.05) is 12.1 Å². The van der Waals surface area contributed by atoms with Gasteiger partial charge in [0, 0.05) is 12.4 Å². The molecule has 0 spiro atoms. The van der Waals surface area contributed by atoms with Crippen molar-refractivity contribution in [2.75, 3.05) is 5.73 Å². The molecule has 0 bridgehead atoms. The monoisotopic (exact) mass is 341 g/mol. The zero-order valence-electron chi connectivity index (χ0n) is 13.2. The molecule has 1 amide bonds. The van der Waals surface area contributed by atoms with E-state index in [0.717, 1.165) is 0 Å². The maximum atomic E-state index is 12.2. The number of carbonyl (C=O) groups excluding carboxylic acids is 1. The van der Waals surface area contributed by atoms with Crippen molar-refractivity contribution < 1.29 is 24.4 Å². The number of hydrogen-bond donors (Lipinski definition) is 4. The summed E-state index contributed by atoms with van der Waals surface area (Å²) < 4.78 is 5.33. The molecular weight excluding hydrogens is 325 g/mol. The molecule has 1 aromatic carbocycles. The molecule has 1 aromatic heterocycles. The van der Waals surface area contributed by atoms with E-state index < -0.39 is 19.0 Å². The summed E-state index contributed by atoms with van der Waals surface area (Å²) in [5, 5.41) is 22.0. The molecule has 9 heteroatoms.